The van der Waals surface area contributed by atoms with Crippen LogP contribution in [-0.4, -0.2) is 0 Å². The Morgan fingerprint density at radius 1 is 0.545 bits per heavy atom. The number of hydrogen-bond donors (Lipinski definition) is 0. The van der Waals surface area contributed by atoms with Crippen molar-refractivity contribution >= 4 is 0 Å². The number of aryl methyl sites for hydroxylation is 1. The minimum atomic E-state index is 0.568. The zero-order chi connectivity index (χ0) is 15.0. The van der Waals surface area contributed by atoms with E-state index in [1.165, 1.54) is 74.5 Å². The van der Waals surface area contributed by atoms with Gasteiger partial charge in [0.2, 0.25) is 0 Å². The summed E-state index contributed by atoms with van der Waals surface area (Å²) < 4.78 is 0. The molecule has 0 heterocycles. The van der Waals surface area contributed by atoms with Gasteiger partial charge in [-0.15, -0.1) is 0 Å². The fraction of sp³-hybridized carbons (Fsp3) is 0.455. The Balaban J connectivity index is 1.83. The highest BCUT2D eigenvalue weighted by Gasteiger charge is 2.14. The highest BCUT2D eigenvalue weighted by molar-refractivity contribution is 5.34. The molecular weight excluding hydrogens is 264 g/mol. The summed E-state index contributed by atoms with van der Waals surface area (Å²) in [6, 6.07) is 20.5. The molecule has 0 spiro atoms. The third-order valence-corrected chi connectivity index (χ3v) is 5.04. The van der Waals surface area contributed by atoms with E-state index in [2.05, 4.69) is 54.6 Å². The van der Waals surface area contributed by atoms with Crippen LogP contribution in [0, 0.1) is 0 Å². The van der Waals surface area contributed by atoms with Crippen molar-refractivity contribution in [2.24, 2.45) is 0 Å². The van der Waals surface area contributed by atoms with E-state index >= 15 is 0 Å². The largest absolute Gasteiger partial charge is 0.0622 e. The molecule has 116 valence electrons. The van der Waals surface area contributed by atoms with Crippen molar-refractivity contribution in [2.45, 2.75) is 63.7 Å². The second-order valence-corrected chi connectivity index (χ2v) is 6.72. The topological polar surface area (TPSA) is 0 Å². The van der Waals surface area contributed by atoms with Crippen LogP contribution in [0.5, 0.6) is 0 Å². The van der Waals surface area contributed by atoms with Crippen LogP contribution >= 0.6 is 0 Å². The minimum Gasteiger partial charge on any atom is -0.0622 e. The van der Waals surface area contributed by atoms with Gasteiger partial charge >= 0.3 is 0 Å². The number of hydrogen-bond acceptors (Lipinski definition) is 0. The van der Waals surface area contributed by atoms with E-state index in [4.69, 9.17) is 0 Å². The summed E-state index contributed by atoms with van der Waals surface area (Å²) in [6.45, 7) is 0. The van der Waals surface area contributed by atoms with Gasteiger partial charge in [-0.1, -0.05) is 93.1 Å². The summed E-state index contributed by atoms with van der Waals surface area (Å²) in [6.07, 6.45) is 12.3. The van der Waals surface area contributed by atoms with Crippen LogP contribution in [0.1, 0.15) is 74.0 Å². The lowest BCUT2D eigenvalue weighted by Gasteiger charge is -2.19. The second kappa shape index (κ2) is 8.17. The van der Waals surface area contributed by atoms with Gasteiger partial charge < -0.3 is 0 Å². The molecule has 0 N–H and O–H groups in total. The van der Waals surface area contributed by atoms with E-state index in [-0.39, 0.29) is 0 Å². The third kappa shape index (κ3) is 4.22. The maximum atomic E-state index is 2.37. The maximum Gasteiger partial charge on any atom is 0.00893 e. The van der Waals surface area contributed by atoms with Crippen LogP contribution in [0.15, 0.2) is 54.6 Å². The Labute approximate surface area is 135 Å². The van der Waals surface area contributed by atoms with E-state index in [1.54, 1.807) is 0 Å². The summed E-state index contributed by atoms with van der Waals surface area (Å²) in [5.41, 5.74) is 4.47. The molecule has 4 rings (SSSR count). The van der Waals surface area contributed by atoms with Crippen LogP contribution in [0.2, 0.25) is 0 Å². The van der Waals surface area contributed by atoms with Crippen molar-refractivity contribution in [1.82, 2.24) is 0 Å². The summed E-state index contributed by atoms with van der Waals surface area (Å²) in [5.74, 6) is 0.568. The van der Waals surface area contributed by atoms with E-state index in [1.807, 2.05) is 0 Å². The quantitative estimate of drug-likeness (QED) is 0.563. The number of benzene rings is 2. The molecule has 0 nitrogen and oxygen atoms in total. The van der Waals surface area contributed by atoms with Crippen LogP contribution < -0.4 is 0 Å². The number of fused-ring (bicyclic) bond motifs is 11. The zero-order valence-electron chi connectivity index (χ0n) is 13.6. The lowest BCUT2D eigenvalue weighted by molar-refractivity contribution is 0.551. The van der Waals surface area contributed by atoms with E-state index < -0.39 is 0 Å². The molecule has 0 aromatic heterocycles. The van der Waals surface area contributed by atoms with E-state index in [0.29, 0.717) is 5.92 Å². The Hall–Kier alpha value is -1.56. The van der Waals surface area contributed by atoms with E-state index in [0.717, 1.165) is 0 Å². The summed E-state index contributed by atoms with van der Waals surface area (Å²) in [7, 11) is 0. The molecule has 0 fully saturated rings. The maximum absolute atomic E-state index is 2.37. The lowest BCUT2D eigenvalue weighted by atomic mass is 9.86. The van der Waals surface area contributed by atoms with Gasteiger partial charge in [-0.3, -0.25) is 0 Å². The molecule has 2 bridgehead atoms. The summed E-state index contributed by atoms with van der Waals surface area (Å²) in [5, 5.41) is 0. The molecule has 1 atom stereocenters. The van der Waals surface area contributed by atoms with Crippen LogP contribution in [0.3, 0.4) is 0 Å². The molecule has 0 saturated heterocycles. The molecule has 0 heteroatoms. The minimum absolute atomic E-state index is 0.568. The van der Waals surface area contributed by atoms with Gasteiger partial charge in [0.25, 0.3) is 0 Å². The Bertz CT molecular complexity index is 538. The predicted octanol–water partition coefficient (Wildman–Crippen LogP) is 6.50. The highest BCUT2D eigenvalue weighted by Crippen LogP contribution is 2.30. The first-order valence-corrected chi connectivity index (χ1v) is 9.07. The van der Waals surface area contributed by atoms with Crippen LogP contribution in [-0.2, 0) is 6.42 Å². The summed E-state index contributed by atoms with van der Waals surface area (Å²) >= 11 is 0. The Morgan fingerprint density at radius 3 is 1.86 bits per heavy atom. The normalized spacial score (nSPS) is 20.5. The fourth-order valence-corrected chi connectivity index (χ4v) is 3.69. The molecule has 2 aliphatic carbocycles. The van der Waals surface area contributed by atoms with Crippen LogP contribution in [0.25, 0.3) is 0 Å². The summed E-state index contributed by atoms with van der Waals surface area (Å²) in [4.78, 5) is 0. The molecule has 2 aromatic carbocycles. The van der Waals surface area contributed by atoms with Gasteiger partial charge in [0.15, 0.2) is 0 Å². The first-order valence-electron chi connectivity index (χ1n) is 9.07. The van der Waals surface area contributed by atoms with Crippen molar-refractivity contribution in [2.75, 3.05) is 0 Å². The zero-order valence-corrected chi connectivity index (χ0v) is 13.6. The van der Waals surface area contributed by atoms with Crippen molar-refractivity contribution in [3.63, 3.8) is 0 Å². The predicted molar refractivity (Wildman–Crippen MR) is 95.4 cm³/mol. The Morgan fingerprint density at radius 2 is 1.14 bits per heavy atom. The average Bonchev–Trinajstić information content (AvgIpc) is 2.58. The number of rotatable bonds is 1. The lowest BCUT2D eigenvalue weighted by Crippen LogP contribution is -2.02. The monoisotopic (exact) mass is 292 g/mol. The molecule has 2 aliphatic rings. The SMILES string of the molecule is c1ccc(C2CCCCCCCCCc3ccc2cc3)cc1. The molecule has 0 saturated carbocycles. The van der Waals surface area contributed by atoms with Gasteiger partial charge in [-0.05, 0) is 36.0 Å². The van der Waals surface area contributed by atoms with Crippen molar-refractivity contribution in [3.05, 3.63) is 71.3 Å². The van der Waals surface area contributed by atoms with Crippen LogP contribution in [0.4, 0.5) is 0 Å². The van der Waals surface area contributed by atoms with Gasteiger partial charge in [-0.25, -0.2) is 0 Å². The molecule has 1 unspecified atom stereocenters. The van der Waals surface area contributed by atoms with Gasteiger partial charge in [0.1, 0.15) is 0 Å². The van der Waals surface area contributed by atoms with Crippen molar-refractivity contribution in [3.8, 4) is 0 Å². The third-order valence-electron chi connectivity index (χ3n) is 5.04. The molecule has 0 amide bonds. The molecule has 0 radical (unpaired) electrons. The van der Waals surface area contributed by atoms with Gasteiger partial charge in [-0.2, -0.15) is 0 Å². The van der Waals surface area contributed by atoms with Crippen molar-refractivity contribution < 1.29 is 0 Å². The molecule has 0 aliphatic heterocycles. The molecule has 2 aromatic rings. The first kappa shape index (κ1) is 15.3. The van der Waals surface area contributed by atoms with Crippen molar-refractivity contribution in [1.29, 1.82) is 0 Å². The van der Waals surface area contributed by atoms with Gasteiger partial charge in [0, 0.05) is 5.92 Å². The second-order valence-electron chi connectivity index (χ2n) is 6.72. The highest BCUT2D eigenvalue weighted by atomic mass is 14.2. The molecule has 22 heavy (non-hydrogen) atoms. The smallest absolute Gasteiger partial charge is 0.00893 e. The fourth-order valence-electron chi connectivity index (χ4n) is 3.69. The first-order chi connectivity index (χ1) is 10.9. The standard InChI is InChI=1S/C22H28/c1-2-4-7-11-19-15-17-21(18-16-19)22(14-10-5-3-1)20-12-8-6-9-13-20/h6,8-9,12-13,15-18,22H,1-5,7,10-11,14H2. The Kier molecular flexibility index (Phi) is 5.70. The average molecular weight is 292 g/mol. The van der Waals surface area contributed by atoms with Gasteiger partial charge in [0.05, 0.1) is 0 Å². The van der Waals surface area contributed by atoms with E-state index in [9.17, 15) is 0 Å². The molecular formula is C22H28.